The number of hydrogen-bond donors (Lipinski definition) is 3. The molecule has 8 nitrogen and oxygen atoms in total. The highest BCUT2D eigenvalue weighted by molar-refractivity contribution is 5.97. The van der Waals surface area contributed by atoms with Gasteiger partial charge in [-0.25, -0.2) is 0 Å². The fraction of sp³-hybridized carbons (Fsp3) is 0.500. The Labute approximate surface area is 162 Å². The molecule has 3 aliphatic heterocycles. The van der Waals surface area contributed by atoms with Crippen LogP contribution < -0.4 is 16.4 Å². The monoisotopic (exact) mass is 381 g/mol. The Balaban J connectivity index is 1.32. The number of amides is 2. The SMILES string of the molecule is NC(=O)C12CC(CNC(=O)c3ccc4nccnc4c3)(C1)OC21CCNCC1. The number of fused-ring (bicyclic) bond motifs is 1. The number of ether oxygens (including phenoxy) is 1. The molecule has 3 saturated heterocycles. The minimum absolute atomic E-state index is 0.187. The van der Waals surface area contributed by atoms with E-state index >= 15 is 0 Å². The van der Waals surface area contributed by atoms with E-state index in [4.69, 9.17) is 10.5 Å². The van der Waals surface area contributed by atoms with Crippen LogP contribution in [0.4, 0.5) is 0 Å². The lowest BCUT2D eigenvalue weighted by Crippen LogP contribution is -2.60. The van der Waals surface area contributed by atoms with Gasteiger partial charge in [-0.2, -0.15) is 0 Å². The lowest BCUT2D eigenvalue weighted by atomic mass is 9.53. The van der Waals surface area contributed by atoms with E-state index in [1.165, 1.54) is 0 Å². The van der Waals surface area contributed by atoms with Gasteiger partial charge in [-0.3, -0.25) is 19.6 Å². The number of primary amides is 1. The Kier molecular flexibility index (Phi) is 3.73. The van der Waals surface area contributed by atoms with Crippen LogP contribution in [0.25, 0.3) is 11.0 Å². The average Bonchev–Trinajstić information content (AvgIpc) is 3.10. The normalized spacial score (nSPS) is 30.1. The van der Waals surface area contributed by atoms with E-state index in [1.54, 1.807) is 30.6 Å². The van der Waals surface area contributed by atoms with Crippen LogP contribution in [0.3, 0.4) is 0 Å². The van der Waals surface area contributed by atoms with E-state index in [0.29, 0.717) is 30.5 Å². The van der Waals surface area contributed by atoms with Crippen molar-refractivity contribution in [2.45, 2.75) is 36.9 Å². The number of nitrogens with two attached hydrogens (primary N) is 1. The van der Waals surface area contributed by atoms with Gasteiger partial charge in [-0.1, -0.05) is 0 Å². The highest BCUT2D eigenvalue weighted by Crippen LogP contribution is 2.68. The first-order chi connectivity index (χ1) is 13.5. The zero-order valence-electron chi connectivity index (χ0n) is 15.5. The van der Waals surface area contributed by atoms with Crippen LogP contribution in [0.15, 0.2) is 30.6 Å². The second-order valence-electron chi connectivity index (χ2n) is 8.27. The quantitative estimate of drug-likeness (QED) is 0.710. The minimum Gasteiger partial charge on any atom is -0.369 e. The maximum absolute atomic E-state index is 12.7. The maximum atomic E-state index is 12.7. The van der Waals surface area contributed by atoms with Gasteiger partial charge in [-0.05, 0) is 57.0 Å². The summed E-state index contributed by atoms with van der Waals surface area (Å²) in [6.45, 7) is 2.00. The van der Waals surface area contributed by atoms with E-state index in [-0.39, 0.29) is 11.8 Å². The van der Waals surface area contributed by atoms with Crippen molar-refractivity contribution in [3.8, 4) is 0 Å². The first kappa shape index (κ1) is 17.5. The highest BCUT2D eigenvalue weighted by atomic mass is 16.5. The van der Waals surface area contributed by atoms with Gasteiger partial charge in [0.25, 0.3) is 5.91 Å². The van der Waals surface area contributed by atoms with Gasteiger partial charge in [0.2, 0.25) is 5.91 Å². The Hall–Kier alpha value is -2.58. The number of carbonyl (C=O) groups is 2. The Bertz CT molecular complexity index is 963. The van der Waals surface area contributed by atoms with Crippen molar-refractivity contribution < 1.29 is 14.3 Å². The lowest BCUT2D eigenvalue weighted by Gasteiger charge is -2.47. The fourth-order valence-corrected chi connectivity index (χ4v) is 5.37. The van der Waals surface area contributed by atoms with Crippen molar-refractivity contribution in [2.75, 3.05) is 19.6 Å². The Morgan fingerprint density at radius 1 is 1.14 bits per heavy atom. The fourth-order valence-electron chi connectivity index (χ4n) is 5.37. The third-order valence-corrected chi connectivity index (χ3v) is 6.72. The summed E-state index contributed by atoms with van der Waals surface area (Å²) in [5.41, 5.74) is 6.15. The van der Waals surface area contributed by atoms with Crippen molar-refractivity contribution in [3.05, 3.63) is 36.2 Å². The molecule has 4 aliphatic rings. The van der Waals surface area contributed by atoms with E-state index in [1.807, 2.05) is 0 Å². The molecule has 6 rings (SSSR count). The molecule has 8 heteroatoms. The molecule has 1 aromatic carbocycles. The molecule has 1 aliphatic carbocycles. The van der Waals surface area contributed by atoms with E-state index < -0.39 is 16.6 Å². The molecule has 28 heavy (non-hydrogen) atoms. The van der Waals surface area contributed by atoms with Gasteiger partial charge in [0.15, 0.2) is 0 Å². The van der Waals surface area contributed by atoms with Gasteiger partial charge in [-0.15, -0.1) is 0 Å². The molecule has 2 aromatic rings. The number of piperidine rings is 1. The summed E-state index contributed by atoms with van der Waals surface area (Å²) >= 11 is 0. The maximum Gasteiger partial charge on any atom is 0.251 e. The summed E-state index contributed by atoms with van der Waals surface area (Å²) in [6.07, 6.45) is 5.93. The molecule has 1 saturated carbocycles. The van der Waals surface area contributed by atoms with Gasteiger partial charge < -0.3 is 21.1 Å². The molecule has 146 valence electrons. The molecule has 4 heterocycles. The Morgan fingerprint density at radius 2 is 1.86 bits per heavy atom. The van der Waals surface area contributed by atoms with Gasteiger partial charge >= 0.3 is 0 Å². The van der Waals surface area contributed by atoms with Crippen LogP contribution in [-0.4, -0.2) is 52.6 Å². The predicted octanol–water partition coefficient (Wildman–Crippen LogP) is 0.516. The number of benzene rings is 1. The zero-order chi connectivity index (χ0) is 19.4. The summed E-state index contributed by atoms with van der Waals surface area (Å²) in [7, 11) is 0. The number of nitrogens with one attached hydrogen (secondary N) is 2. The molecule has 1 aromatic heterocycles. The predicted molar refractivity (Wildman–Crippen MR) is 101 cm³/mol. The average molecular weight is 381 g/mol. The molecule has 0 atom stereocenters. The number of aromatic nitrogens is 2. The molecule has 0 radical (unpaired) electrons. The van der Waals surface area contributed by atoms with Crippen LogP contribution in [-0.2, 0) is 9.53 Å². The lowest BCUT2D eigenvalue weighted by molar-refractivity contribution is -0.137. The standard InChI is InChI=1S/C20H23N5O3/c21-17(27)19-10-18(11-19,28-20(19)3-5-22-6-4-20)12-25-16(26)13-1-2-14-15(9-13)24-8-7-23-14/h1-2,7-9,22H,3-6,10-12H2,(H2,21,27)(H,25,26). The molecule has 0 unspecified atom stereocenters. The van der Waals surface area contributed by atoms with Crippen LogP contribution in [0.2, 0.25) is 0 Å². The van der Waals surface area contributed by atoms with Gasteiger partial charge in [0.05, 0.1) is 27.7 Å². The topological polar surface area (TPSA) is 119 Å². The second-order valence-corrected chi connectivity index (χ2v) is 8.27. The summed E-state index contributed by atoms with van der Waals surface area (Å²) in [5.74, 6) is -0.463. The van der Waals surface area contributed by atoms with E-state index in [9.17, 15) is 9.59 Å². The first-order valence-corrected chi connectivity index (χ1v) is 9.68. The molecular formula is C20H23N5O3. The smallest absolute Gasteiger partial charge is 0.251 e. The third-order valence-electron chi connectivity index (χ3n) is 6.72. The van der Waals surface area contributed by atoms with E-state index in [0.717, 1.165) is 31.4 Å². The van der Waals surface area contributed by atoms with Crippen LogP contribution in [0.1, 0.15) is 36.0 Å². The van der Waals surface area contributed by atoms with Crippen molar-refractivity contribution in [1.82, 2.24) is 20.6 Å². The zero-order valence-corrected chi connectivity index (χ0v) is 15.5. The van der Waals surface area contributed by atoms with Crippen molar-refractivity contribution in [2.24, 2.45) is 11.1 Å². The van der Waals surface area contributed by atoms with Crippen molar-refractivity contribution >= 4 is 22.8 Å². The molecule has 2 bridgehead atoms. The van der Waals surface area contributed by atoms with Crippen molar-refractivity contribution in [3.63, 3.8) is 0 Å². The van der Waals surface area contributed by atoms with E-state index in [2.05, 4.69) is 20.6 Å². The summed E-state index contributed by atoms with van der Waals surface area (Å²) in [4.78, 5) is 33.4. The summed E-state index contributed by atoms with van der Waals surface area (Å²) in [6, 6.07) is 5.25. The highest BCUT2D eigenvalue weighted by Gasteiger charge is 2.77. The number of carbonyl (C=O) groups excluding carboxylic acids is 2. The van der Waals surface area contributed by atoms with Crippen LogP contribution in [0, 0.1) is 5.41 Å². The summed E-state index contributed by atoms with van der Waals surface area (Å²) < 4.78 is 6.49. The number of nitrogens with zero attached hydrogens (tertiary/aromatic N) is 2. The molecule has 2 amide bonds. The molecular weight excluding hydrogens is 358 g/mol. The molecule has 1 spiro atoms. The third kappa shape index (κ3) is 2.37. The number of rotatable bonds is 4. The number of hydrogen-bond acceptors (Lipinski definition) is 6. The first-order valence-electron chi connectivity index (χ1n) is 9.68. The van der Waals surface area contributed by atoms with Crippen LogP contribution >= 0.6 is 0 Å². The summed E-state index contributed by atoms with van der Waals surface area (Å²) in [5, 5.41) is 6.30. The van der Waals surface area contributed by atoms with Gasteiger partial charge in [0, 0.05) is 24.5 Å². The molecule has 4 N–H and O–H groups in total. The minimum atomic E-state index is -0.599. The Morgan fingerprint density at radius 3 is 2.57 bits per heavy atom. The molecule has 4 fully saturated rings. The van der Waals surface area contributed by atoms with Crippen molar-refractivity contribution in [1.29, 1.82) is 0 Å². The second kappa shape index (κ2) is 5.96. The van der Waals surface area contributed by atoms with Gasteiger partial charge in [0.1, 0.15) is 0 Å². The van der Waals surface area contributed by atoms with Crippen LogP contribution in [0.5, 0.6) is 0 Å². The largest absolute Gasteiger partial charge is 0.369 e.